The van der Waals surface area contributed by atoms with Crippen LogP contribution in [0.5, 0.6) is 0 Å². The lowest BCUT2D eigenvalue weighted by molar-refractivity contribution is 0.176. The highest BCUT2D eigenvalue weighted by molar-refractivity contribution is 9.13. The number of halogens is 2. The maximum absolute atomic E-state index is 10.2. The first-order valence-electron chi connectivity index (χ1n) is 5.14. The molecule has 5 nitrogen and oxygen atoms in total. The summed E-state index contributed by atoms with van der Waals surface area (Å²) in [4.78, 5) is 0. The first-order chi connectivity index (χ1) is 8.13. The van der Waals surface area contributed by atoms with Gasteiger partial charge in [0.1, 0.15) is 5.76 Å². The number of aromatic nitrogens is 3. The van der Waals surface area contributed by atoms with Crippen molar-refractivity contribution in [2.45, 2.75) is 26.0 Å². The zero-order valence-corrected chi connectivity index (χ0v) is 12.3. The van der Waals surface area contributed by atoms with E-state index in [0.717, 1.165) is 17.4 Å². The van der Waals surface area contributed by atoms with E-state index in [-0.39, 0.29) is 0 Å². The molecule has 0 aliphatic carbocycles. The van der Waals surface area contributed by atoms with Crippen LogP contribution in [0.2, 0.25) is 0 Å². The molecule has 7 heteroatoms. The molecule has 0 radical (unpaired) electrons. The van der Waals surface area contributed by atoms with Gasteiger partial charge in [0.15, 0.2) is 10.8 Å². The van der Waals surface area contributed by atoms with Gasteiger partial charge in [-0.3, -0.25) is 0 Å². The predicted molar refractivity (Wildman–Crippen MR) is 68.5 cm³/mol. The fourth-order valence-electron chi connectivity index (χ4n) is 1.51. The molecule has 92 valence electrons. The summed E-state index contributed by atoms with van der Waals surface area (Å²) in [5.74, 6) is 0.448. The summed E-state index contributed by atoms with van der Waals surface area (Å²) in [7, 11) is 0. The second-order valence-corrected chi connectivity index (χ2v) is 5.13. The Morgan fingerprint density at radius 2 is 2.29 bits per heavy atom. The Labute approximate surface area is 115 Å². The van der Waals surface area contributed by atoms with Gasteiger partial charge < -0.3 is 9.52 Å². The number of nitrogens with zero attached hydrogens (tertiary/aromatic N) is 3. The molecular formula is C10H11Br2N3O2. The van der Waals surface area contributed by atoms with Gasteiger partial charge in [-0.15, -0.1) is 5.10 Å². The van der Waals surface area contributed by atoms with Crippen molar-refractivity contribution >= 4 is 31.9 Å². The minimum Gasteiger partial charge on any atom is -0.450 e. The van der Waals surface area contributed by atoms with Crippen molar-refractivity contribution in [1.82, 2.24) is 15.0 Å². The number of aliphatic hydroxyl groups excluding tert-OH is 1. The highest BCUT2D eigenvalue weighted by Gasteiger charge is 2.21. The zero-order chi connectivity index (χ0) is 12.4. The predicted octanol–water partition coefficient (Wildman–Crippen LogP) is 2.89. The van der Waals surface area contributed by atoms with Crippen LogP contribution < -0.4 is 0 Å². The van der Waals surface area contributed by atoms with Crippen LogP contribution in [0.4, 0.5) is 0 Å². The first-order valence-corrected chi connectivity index (χ1v) is 6.73. The van der Waals surface area contributed by atoms with Gasteiger partial charge in [-0.2, -0.15) is 0 Å². The van der Waals surface area contributed by atoms with Gasteiger partial charge >= 0.3 is 0 Å². The van der Waals surface area contributed by atoms with Crippen LogP contribution >= 0.6 is 31.9 Å². The van der Waals surface area contributed by atoms with Gasteiger partial charge in [-0.1, -0.05) is 12.1 Å². The van der Waals surface area contributed by atoms with Gasteiger partial charge in [0.25, 0.3) is 0 Å². The number of aliphatic hydroxyl groups is 1. The molecular weight excluding hydrogens is 354 g/mol. The van der Waals surface area contributed by atoms with E-state index in [4.69, 9.17) is 4.42 Å². The average Bonchev–Trinajstić information content (AvgIpc) is 2.87. The first kappa shape index (κ1) is 12.8. The molecule has 2 aromatic rings. The highest BCUT2D eigenvalue weighted by Crippen LogP contribution is 2.32. The van der Waals surface area contributed by atoms with Crippen LogP contribution in [0.15, 0.2) is 25.8 Å². The lowest BCUT2D eigenvalue weighted by Gasteiger charge is -2.09. The molecule has 0 saturated carbocycles. The van der Waals surface area contributed by atoms with Gasteiger partial charge in [0, 0.05) is 6.54 Å². The number of furan rings is 1. The molecule has 0 amide bonds. The van der Waals surface area contributed by atoms with Crippen LogP contribution in [0.3, 0.4) is 0 Å². The topological polar surface area (TPSA) is 64.1 Å². The molecule has 2 rings (SSSR count). The van der Waals surface area contributed by atoms with Crippen LogP contribution in [0.1, 0.15) is 30.9 Å². The largest absolute Gasteiger partial charge is 0.450 e. The minimum atomic E-state index is -0.862. The number of hydrogen-bond donors (Lipinski definition) is 1. The van der Waals surface area contributed by atoms with Crippen molar-refractivity contribution in [2.75, 3.05) is 0 Å². The van der Waals surface area contributed by atoms with Crippen molar-refractivity contribution in [1.29, 1.82) is 0 Å². The van der Waals surface area contributed by atoms with Crippen molar-refractivity contribution in [3.8, 4) is 0 Å². The summed E-state index contributed by atoms with van der Waals surface area (Å²) >= 11 is 6.54. The third-order valence-electron chi connectivity index (χ3n) is 2.30. The summed E-state index contributed by atoms with van der Waals surface area (Å²) in [6.07, 6.45) is 1.61. The summed E-state index contributed by atoms with van der Waals surface area (Å²) in [5.41, 5.74) is 0.626. The van der Waals surface area contributed by atoms with E-state index in [1.807, 2.05) is 6.92 Å². The maximum atomic E-state index is 10.2. The molecule has 1 atom stereocenters. The van der Waals surface area contributed by atoms with E-state index in [1.165, 1.54) is 0 Å². The van der Waals surface area contributed by atoms with Crippen LogP contribution in [0, 0.1) is 0 Å². The molecule has 0 aromatic carbocycles. The normalized spacial score (nSPS) is 12.9. The minimum absolute atomic E-state index is 0.448. The molecule has 0 saturated heterocycles. The highest BCUT2D eigenvalue weighted by atomic mass is 79.9. The molecule has 0 aliphatic heterocycles. The Bertz CT molecular complexity index is 490. The van der Waals surface area contributed by atoms with Crippen molar-refractivity contribution in [2.24, 2.45) is 0 Å². The smallest absolute Gasteiger partial charge is 0.183 e. The van der Waals surface area contributed by atoms with E-state index in [9.17, 15) is 5.11 Å². The third-order valence-corrected chi connectivity index (χ3v) is 4.01. The number of rotatable bonds is 4. The molecule has 0 spiro atoms. The number of hydrogen-bond acceptors (Lipinski definition) is 4. The second kappa shape index (κ2) is 5.32. The SMILES string of the molecule is CCCn1nncc1C(O)c1cc(Br)c(Br)o1. The number of aryl methyl sites for hydroxylation is 1. The summed E-state index contributed by atoms with van der Waals surface area (Å²) in [6, 6.07) is 1.72. The van der Waals surface area contributed by atoms with E-state index in [1.54, 1.807) is 16.9 Å². The molecule has 2 heterocycles. The monoisotopic (exact) mass is 363 g/mol. The third kappa shape index (κ3) is 2.61. The van der Waals surface area contributed by atoms with Crippen molar-refractivity contribution in [3.63, 3.8) is 0 Å². The van der Waals surface area contributed by atoms with Gasteiger partial charge in [0.2, 0.25) is 0 Å². The molecule has 17 heavy (non-hydrogen) atoms. The van der Waals surface area contributed by atoms with Crippen molar-refractivity contribution in [3.05, 3.63) is 32.9 Å². The Morgan fingerprint density at radius 3 is 2.88 bits per heavy atom. The molecule has 0 fully saturated rings. The Balaban J connectivity index is 2.29. The quantitative estimate of drug-likeness (QED) is 0.905. The Kier molecular flexibility index (Phi) is 4.01. The van der Waals surface area contributed by atoms with E-state index in [0.29, 0.717) is 16.1 Å². The van der Waals surface area contributed by atoms with Crippen LogP contribution in [0.25, 0.3) is 0 Å². The second-order valence-electron chi connectivity index (χ2n) is 3.55. The molecule has 2 aromatic heterocycles. The van der Waals surface area contributed by atoms with Gasteiger partial charge in [0.05, 0.1) is 16.4 Å². The average molecular weight is 365 g/mol. The van der Waals surface area contributed by atoms with E-state index < -0.39 is 6.10 Å². The summed E-state index contributed by atoms with van der Waals surface area (Å²) in [5, 5.41) is 17.9. The Hall–Kier alpha value is -0.660. The van der Waals surface area contributed by atoms with Crippen LogP contribution in [-0.2, 0) is 6.54 Å². The standard InChI is InChI=1S/C10H11Br2N3O2/c1-2-3-15-7(5-13-14-15)9(16)8-4-6(11)10(12)17-8/h4-5,9,16H,2-3H2,1H3. The lowest BCUT2D eigenvalue weighted by Crippen LogP contribution is -2.09. The molecule has 1 unspecified atom stereocenters. The molecule has 1 N–H and O–H groups in total. The zero-order valence-electron chi connectivity index (χ0n) is 9.10. The van der Waals surface area contributed by atoms with Gasteiger partial charge in [-0.25, -0.2) is 4.68 Å². The Morgan fingerprint density at radius 1 is 1.53 bits per heavy atom. The summed E-state index contributed by atoms with van der Waals surface area (Å²) < 4.78 is 8.38. The fourth-order valence-corrected chi connectivity index (χ4v) is 2.11. The van der Waals surface area contributed by atoms with Crippen molar-refractivity contribution < 1.29 is 9.52 Å². The molecule has 0 bridgehead atoms. The summed E-state index contributed by atoms with van der Waals surface area (Å²) in [6.45, 7) is 2.76. The van der Waals surface area contributed by atoms with E-state index >= 15 is 0 Å². The van der Waals surface area contributed by atoms with Gasteiger partial charge in [-0.05, 0) is 44.3 Å². The molecule has 0 aliphatic rings. The van der Waals surface area contributed by atoms with E-state index in [2.05, 4.69) is 42.2 Å². The fraction of sp³-hybridized carbons (Fsp3) is 0.400. The lowest BCUT2D eigenvalue weighted by atomic mass is 10.2. The maximum Gasteiger partial charge on any atom is 0.183 e. The van der Waals surface area contributed by atoms with Crippen LogP contribution in [-0.4, -0.2) is 20.1 Å².